The van der Waals surface area contributed by atoms with Crippen LogP contribution in [0.2, 0.25) is 0 Å². The molecule has 5 heteroatoms. The summed E-state index contributed by atoms with van der Waals surface area (Å²) >= 11 is 3.32. The Kier molecular flexibility index (Phi) is 4.71. The van der Waals surface area contributed by atoms with E-state index in [1.165, 1.54) is 0 Å². The second-order valence-electron chi connectivity index (χ2n) is 5.95. The molecule has 24 heavy (non-hydrogen) atoms. The molecular formula is C19H18BrNO3. The van der Waals surface area contributed by atoms with E-state index in [4.69, 9.17) is 4.74 Å². The van der Waals surface area contributed by atoms with Crippen LogP contribution in [0.5, 0.6) is 0 Å². The number of esters is 1. The van der Waals surface area contributed by atoms with E-state index in [0.29, 0.717) is 5.56 Å². The van der Waals surface area contributed by atoms with Crippen LogP contribution in [0.15, 0.2) is 53.0 Å². The molecule has 0 spiro atoms. The highest BCUT2D eigenvalue weighted by Gasteiger charge is 2.34. The van der Waals surface area contributed by atoms with Crippen molar-refractivity contribution < 1.29 is 14.3 Å². The Hall–Kier alpha value is -2.14. The summed E-state index contributed by atoms with van der Waals surface area (Å²) in [6.45, 7) is 3.62. The van der Waals surface area contributed by atoms with Crippen LogP contribution in [-0.2, 0) is 16.0 Å². The maximum Gasteiger partial charge on any atom is 0.338 e. The molecule has 2 aromatic carbocycles. The highest BCUT2D eigenvalue weighted by Crippen LogP contribution is 2.32. The lowest BCUT2D eigenvalue weighted by Gasteiger charge is -2.25. The number of para-hydroxylation sites is 1. The van der Waals surface area contributed by atoms with Crippen molar-refractivity contribution in [3.05, 3.63) is 64.1 Å². The Labute approximate surface area is 149 Å². The van der Waals surface area contributed by atoms with Gasteiger partial charge in [0, 0.05) is 16.2 Å². The molecule has 0 N–H and O–H groups in total. The second-order valence-corrected chi connectivity index (χ2v) is 6.86. The van der Waals surface area contributed by atoms with Crippen LogP contribution in [-0.4, -0.2) is 24.0 Å². The van der Waals surface area contributed by atoms with Crippen LogP contribution in [0.25, 0.3) is 0 Å². The number of carbonyl (C=O) groups is 2. The number of rotatable bonds is 3. The van der Waals surface area contributed by atoms with E-state index in [1.807, 2.05) is 37.3 Å². The normalized spacial score (nSPS) is 17.3. The molecule has 0 saturated heterocycles. The van der Waals surface area contributed by atoms with E-state index < -0.39 is 12.1 Å². The third kappa shape index (κ3) is 3.22. The smallest absolute Gasteiger partial charge is 0.338 e. The lowest BCUT2D eigenvalue weighted by Crippen LogP contribution is -2.43. The predicted molar refractivity (Wildman–Crippen MR) is 96.1 cm³/mol. The van der Waals surface area contributed by atoms with Crippen molar-refractivity contribution in [2.24, 2.45) is 0 Å². The molecule has 0 fully saturated rings. The van der Waals surface area contributed by atoms with E-state index in [9.17, 15) is 9.59 Å². The van der Waals surface area contributed by atoms with Gasteiger partial charge in [0.15, 0.2) is 6.10 Å². The SMILES string of the molecule is C[C@@H](OC(=O)c1cccc(Br)c1)C(=O)N1c2ccccc2C[C@@H]1C. The quantitative estimate of drug-likeness (QED) is 0.748. The van der Waals surface area contributed by atoms with Crippen LogP contribution in [0.1, 0.15) is 29.8 Å². The van der Waals surface area contributed by atoms with Crippen molar-refractivity contribution in [3.63, 3.8) is 0 Å². The van der Waals surface area contributed by atoms with Crippen molar-refractivity contribution in [1.82, 2.24) is 0 Å². The highest BCUT2D eigenvalue weighted by atomic mass is 79.9. The lowest BCUT2D eigenvalue weighted by molar-refractivity contribution is -0.126. The molecule has 1 aliphatic heterocycles. The van der Waals surface area contributed by atoms with Gasteiger partial charge in [-0.15, -0.1) is 0 Å². The van der Waals surface area contributed by atoms with E-state index in [1.54, 1.807) is 30.0 Å². The number of hydrogen-bond donors (Lipinski definition) is 0. The molecule has 1 amide bonds. The summed E-state index contributed by atoms with van der Waals surface area (Å²) in [6.07, 6.45) is -0.0288. The van der Waals surface area contributed by atoms with Gasteiger partial charge in [0.05, 0.1) is 5.56 Å². The average molecular weight is 388 g/mol. The summed E-state index contributed by atoms with van der Waals surface area (Å²) < 4.78 is 6.17. The van der Waals surface area contributed by atoms with Crippen molar-refractivity contribution in [2.45, 2.75) is 32.4 Å². The number of ether oxygens (including phenoxy) is 1. The Bertz CT molecular complexity index is 790. The minimum atomic E-state index is -0.843. The first-order valence-corrected chi connectivity index (χ1v) is 8.64. The average Bonchev–Trinajstić information content (AvgIpc) is 2.89. The Balaban J connectivity index is 1.75. The fourth-order valence-electron chi connectivity index (χ4n) is 2.99. The van der Waals surface area contributed by atoms with Gasteiger partial charge in [-0.3, -0.25) is 4.79 Å². The molecule has 1 aliphatic rings. The number of benzene rings is 2. The molecule has 0 bridgehead atoms. The van der Waals surface area contributed by atoms with Crippen molar-refractivity contribution in [1.29, 1.82) is 0 Å². The second kappa shape index (κ2) is 6.77. The monoisotopic (exact) mass is 387 g/mol. The summed E-state index contributed by atoms with van der Waals surface area (Å²) in [6, 6.07) is 14.8. The van der Waals surface area contributed by atoms with E-state index in [2.05, 4.69) is 15.9 Å². The standard InChI is InChI=1S/C19H18BrNO3/c1-12-10-14-6-3-4-9-17(14)21(12)18(22)13(2)24-19(23)15-7-5-8-16(20)11-15/h3-9,11-13H,10H2,1-2H3/t12-,13+/m0/s1. The molecule has 1 heterocycles. The van der Waals surface area contributed by atoms with Gasteiger partial charge in [-0.25, -0.2) is 4.79 Å². The summed E-state index contributed by atoms with van der Waals surface area (Å²) in [5, 5.41) is 0. The highest BCUT2D eigenvalue weighted by molar-refractivity contribution is 9.10. The first-order chi connectivity index (χ1) is 11.5. The number of carbonyl (C=O) groups excluding carboxylic acids is 2. The van der Waals surface area contributed by atoms with Crippen LogP contribution >= 0.6 is 15.9 Å². The Morgan fingerprint density at radius 1 is 1.21 bits per heavy atom. The summed E-state index contributed by atoms with van der Waals surface area (Å²) in [5.41, 5.74) is 2.46. The zero-order valence-electron chi connectivity index (χ0n) is 13.5. The minimum absolute atomic E-state index is 0.0573. The Morgan fingerprint density at radius 3 is 2.71 bits per heavy atom. The first-order valence-electron chi connectivity index (χ1n) is 7.85. The number of fused-ring (bicyclic) bond motifs is 1. The molecule has 3 rings (SSSR count). The maximum atomic E-state index is 12.8. The number of hydrogen-bond acceptors (Lipinski definition) is 3. The third-order valence-electron chi connectivity index (χ3n) is 4.14. The predicted octanol–water partition coefficient (Wildman–Crippen LogP) is 3.97. The first kappa shape index (κ1) is 16.7. The van der Waals surface area contributed by atoms with E-state index >= 15 is 0 Å². The zero-order chi connectivity index (χ0) is 17.3. The van der Waals surface area contributed by atoms with E-state index in [-0.39, 0.29) is 11.9 Å². The van der Waals surface area contributed by atoms with Gasteiger partial charge in [0.25, 0.3) is 5.91 Å². The molecule has 0 saturated carbocycles. The van der Waals surface area contributed by atoms with Crippen LogP contribution in [0.3, 0.4) is 0 Å². The largest absolute Gasteiger partial charge is 0.449 e. The zero-order valence-corrected chi connectivity index (χ0v) is 15.1. The van der Waals surface area contributed by atoms with Gasteiger partial charge in [0.1, 0.15) is 0 Å². The fourth-order valence-corrected chi connectivity index (χ4v) is 3.39. The van der Waals surface area contributed by atoms with Gasteiger partial charge in [-0.05, 0) is 50.1 Å². The Morgan fingerprint density at radius 2 is 1.96 bits per heavy atom. The summed E-state index contributed by atoms with van der Waals surface area (Å²) in [4.78, 5) is 26.8. The van der Waals surface area contributed by atoms with Gasteiger partial charge < -0.3 is 9.64 Å². The van der Waals surface area contributed by atoms with Crippen LogP contribution in [0.4, 0.5) is 5.69 Å². The minimum Gasteiger partial charge on any atom is -0.449 e. The van der Waals surface area contributed by atoms with Gasteiger partial charge >= 0.3 is 5.97 Å². The van der Waals surface area contributed by atoms with Gasteiger partial charge in [-0.2, -0.15) is 0 Å². The van der Waals surface area contributed by atoms with Crippen molar-refractivity contribution in [3.8, 4) is 0 Å². The molecule has 2 atom stereocenters. The molecule has 124 valence electrons. The summed E-state index contributed by atoms with van der Waals surface area (Å²) in [5.74, 6) is -0.701. The molecule has 0 radical (unpaired) electrons. The molecular weight excluding hydrogens is 370 g/mol. The molecule has 0 unspecified atom stereocenters. The maximum absolute atomic E-state index is 12.8. The van der Waals surface area contributed by atoms with Gasteiger partial charge in [0.2, 0.25) is 0 Å². The molecule has 2 aromatic rings. The number of amides is 1. The van der Waals surface area contributed by atoms with E-state index in [0.717, 1.165) is 22.1 Å². The fraction of sp³-hybridized carbons (Fsp3) is 0.263. The third-order valence-corrected chi connectivity index (χ3v) is 4.63. The lowest BCUT2D eigenvalue weighted by atomic mass is 10.1. The van der Waals surface area contributed by atoms with Crippen LogP contribution < -0.4 is 4.90 Å². The number of nitrogens with zero attached hydrogens (tertiary/aromatic N) is 1. The molecule has 0 aromatic heterocycles. The van der Waals surface area contributed by atoms with Crippen molar-refractivity contribution in [2.75, 3.05) is 4.90 Å². The van der Waals surface area contributed by atoms with Gasteiger partial charge in [-0.1, -0.05) is 40.2 Å². The molecule has 4 nitrogen and oxygen atoms in total. The summed E-state index contributed by atoms with van der Waals surface area (Å²) in [7, 11) is 0. The number of halogens is 1. The number of anilines is 1. The van der Waals surface area contributed by atoms with Crippen molar-refractivity contribution >= 4 is 33.5 Å². The van der Waals surface area contributed by atoms with Crippen LogP contribution in [0, 0.1) is 0 Å². The molecule has 0 aliphatic carbocycles. The topological polar surface area (TPSA) is 46.6 Å².